The highest BCUT2D eigenvalue weighted by Crippen LogP contribution is 2.15. The molecule has 0 aliphatic carbocycles. The summed E-state index contributed by atoms with van der Waals surface area (Å²) in [4.78, 5) is 7.18. The third kappa shape index (κ3) is 6.28. The second kappa shape index (κ2) is 8.41. The Morgan fingerprint density at radius 2 is 2.11 bits per heavy atom. The Morgan fingerprint density at radius 1 is 1.37 bits per heavy atom. The van der Waals surface area contributed by atoms with Crippen molar-refractivity contribution >= 4 is 5.96 Å². The van der Waals surface area contributed by atoms with Gasteiger partial charge in [0.15, 0.2) is 5.96 Å². The van der Waals surface area contributed by atoms with E-state index in [9.17, 15) is 0 Å². The largest absolute Gasteiger partial charge is 0.357 e. The van der Waals surface area contributed by atoms with Crippen LogP contribution in [0.15, 0.2) is 4.99 Å². The van der Waals surface area contributed by atoms with Crippen molar-refractivity contribution in [3.8, 4) is 0 Å². The van der Waals surface area contributed by atoms with Crippen molar-refractivity contribution in [2.75, 3.05) is 33.2 Å². The van der Waals surface area contributed by atoms with Crippen LogP contribution >= 0.6 is 0 Å². The SMILES string of the molecule is CCNC(=NCC1CCCN(C)C1)NC(C)C(C)C. The van der Waals surface area contributed by atoms with Crippen molar-refractivity contribution in [2.45, 2.75) is 46.6 Å². The molecule has 1 aliphatic heterocycles. The number of nitrogens with zero attached hydrogens (tertiary/aromatic N) is 2. The number of rotatable bonds is 5. The molecule has 0 spiro atoms. The monoisotopic (exact) mass is 268 g/mol. The molecular formula is C15H32N4. The molecule has 1 rings (SSSR count). The van der Waals surface area contributed by atoms with E-state index >= 15 is 0 Å². The predicted molar refractivity (Wildman–Crippen MR) is 83.6 cm³/mol. The minimum atomic E-state index is 0.451. The zero-order valence-corrected chi connectivity index (χ0v) is 13.4. The average Bonchev–Trinajstić information content (AvgIpc) is 2.36. The normalized spacial score (nSPS) is 23.5. The Morgan fingerprint density at radius 3 is 2.68 bits per heavy atom. The highest BCUT2D eigenvalue weighted by Gasteiger charge is 2.17. The number of piperidine rings is 1. The number of guanidine groups is 1. The first kappa shape index (κ1) is 16.3. The summed E-state index contributed by atoms with van der Waals surface area (Å²) in [5.74, 6) is 2.30. The molecule has 2 atom stereocenters. The molecule has 0 saturated carbocycles. The van der Waals surface area contributed by atoms with Crippen LogP contribution in [0.5, 0.6) is 0 Å². The van der Waals surface area contributed by atoms with E-state index < -0.39 is 0 Å². The van der Waals surface area contributed by atoms with Gasteiger partial charge in [-0.25, -0.2) is 0 Å². The Kier molecular flexibility index (Phi) is 7.21. The summed E-state index contributed by atoms with van der Waals surface area (Å²) in [6.07, 6.45) is 2.62. The molecule has 19 heavy (non-hydrogen) atoms. The molecule has 4 heteroatoms. The number of aliphatic imine (C=N–C) groups is 1. The number of nitrogens with one attached hydrogen (secondary N) is 2. The zero-order valence-electron chi connectivity index (χ0n) is 13.4. The molecule has 112 valence electrons. The molecular weight excluding hydrogens is 236 g/mol. The van der Waals surface area contributed by atoms with Crippen molar-refractivity contribution < 1.29 is 0 Å². The molecule has 1 heterocycles. The van der Waals surface area contributed by atoms with Crippen LogP contribution < -0.4 is 10.6 Å². The van der Waals surface area contributed by atoms with Gasteiger partial charge >= 0.3 is 0 Å². The maximum atomic E-state index is 4.76. The molecule has 1 fully saturated rings. The lowest BCUT2D eigenvalue weighted by Crippen LogP contribution is -2.44. The lowest BCUT2D eigenvalue weighted by atomic mass is 9.99. The zero-order chi connectivity index (χ0) is 14.3. The van der Waals surface area contributed by atoms with Gasteiger partial charge in [0.05, 0.1) is 0 Å². The standard InChI is InChI=1S/C15H32N4/c1-6-16-15(18-13(4)12(2)3)17-10-14-8-7-9-19(5)11-14/h12-14H,6-11H2,1-5H3,(H2,16,17,18). The molecule has 0 aromatic heterocycles. The highest BCUT2D eigenvalue weighted by atomic mass is 15.2. The van der Waals surface area contributed by atoms with Gasteiger partial charge in [-0.1, -0.05) is 13.8 Å². The van der Waals surface area contributed by atoms with Crippen LogP contribution in [-0.2, 0) is 0 Å². The summed E-state index contributed by atoms with van der Waals surface area (Å²) in [5.41, 5.74) is 0. The van der Waals surface area contributed by atoms with Gasteiger partial charge in [-0.05, 0) is 52.1 Å². The molecule has 1 saturated heterocycles. The van der Waals surface area contributed by atoms with E-state index in [0.717, 1.165) is 19.0 Å². The summed E-state index contributed by atoms with van der Waals surface area (Å²) in [7, 11) is 2.21. The highest BCUT2D eigenvalue weighted by molar-refractivity contribution is 5.80. The van der Waals surface area contributed by atoms with Crippen LogP contribution in [0.2, 0.25) is 0 Å². The summed E-state index contributed by atoms with van der Waals surface area (Å²) in [6.45, 7) is 13.1. The van der Waals surface area contributed by atoms with E-state index in [1.165, 1.54) is 25.9 Å². The van der Waals surface area contributed by atoms with Gasteiger partial charge in [-0.3, -0.25) is 4.99 Å². The molecule has 0 amide bonds. The molecule has 0 aromatic carbocycles. The first-order valence-electron chi connectivity index (χ1n) is 7.76. The molecule has 2 unspecified atom stereocenters. The van der Waals surface area contributed by atoms with Crippen LogP contribution in [0.1, 0.15) is 40.5 Å². The molecule has 1 aliphatic rings. The second-order valence-corrected chi connectivity index (χ2v) is 6.17. The van der Waals surface area contributed by atoms with Gasteiger partial charge in [0.1, 0.15) is 0 Å². The minimum Gasteiger partial charge on any atom is -0.357 e. The summed E-state index contributed by atoms with van der Waals surface area (Å²) in [5, 5.41) is 6.84. The first-order chi connectivity index (χ1) is 9.02. The lowest BCUT2D eigenvalue weighted by molar-refractivity contribution is 0.214. The fraction of sp³-hybridized carbons (Fsp3) is 0.933. The molecule has 2 N–H and O–H groups in total. The minimum absolute atomic E-state index is 0.451. The molecule has 4 nitrogen and oxygen atoms in total. The number of hydrogen-bond acceptors (Lipinski definition) is 2. The molecule has 0 bridgehead atoms. The van der Waals surface area contributed by atoms with Gasteiger partial charge in [-0.2, -0.15) is 0 Å². The topological polar surface area (TPSA) is 39.7 Å². The summed E-state index contributed by atoms with van der Waals surface area (Å²) < 4.78 is 0. The van der Waals surface area contributed by atoms with Crippen molar-refractivity contribution in [2.24, 2.45) is 16.8 Å². The van der Waals surface area contributed by atoms with Gasteiger partial charge in [0.25, 0.3) is 0 Å². The molecule has 0 radical (unpaired) electrons. The number of hydrogen-bond donors (Lipinski definition) is 2. The Labute approximate surface area is 119 Å². The quantitative estimate of drug-likeness (QED) is 0.591. The van der Waals surface area contributed by atoms with E-state index in [4.69, 9.17) is 4.99 Å². The van der Waals surface area contributed by atoms with Gasteiger partial charge in [-0.15, -0.1) is 0 Å². The maximum Gasteiger partial charge on any atom is 0.191 e. The van der Waals surface area contributed by atoms with Crippen LogP contribution in [0.4, 0.5) is 0 Å². The van der Waals surface area contributed by atoms with Crippen LogP contribution in [0, 0.1) is 11.8 Å². The van der Waals surface area contributed by atoms with Crippen molar-refractivity contribution in [1.82, 2.24) is 15.5 Å². The van der Waals surface area contributed by atoms with E-state index in [1.54, 1.807) is 0 Å². The number of likely N-dealkylation sites (tertiary alicyclic amines) is 1. The van der Waals surface area contributed by atoms with Crippen molar-refractivity contribution in [3.63, 3.8) is 0 Å². The smallest absolute Gasteiger partial charge is 0.191 e. The fourth-order valence-corrected chi connectivity index (χ4v) is 2.34. The van der Waals surface area contributed by atoms with Crippen LogP contribution in [0.3, 0.4) is 0 Å². The van der Waals surface area contributed by atoms with Crippen molar-refractivity contribution in [3.05, 3.63) is 0 Å². The third-order valence-corrected chi connectivity index (χ3v) is 3.94. The van der Waals surface area contributed by atoms with Gasteiger partial charge in [0, 0.05) is 25.7 Å². The van der Waals surface area contributed by atoms with Gasteiger partial charge < -0.3 is 15.5 Å². The van der Waals surface area contributed by atoms with E-state index in [2.05, 4.69) is 50.3 Å². The van der Waals surface area contributed by atoms with Gasteiger partial charge in [0.2, 0.25) is 0 Å². The Hall–Kier alpha value is -0.770. The van der Waals surface area contributed by atoms with E-state index in [0.29, 0.717) is 17.9 Å². The molecule has 0 aromatic rings. The van der Waals surface area contributed by atoms with Crippen LogP contribution in [-0.4, -0.2) is 50.1 Å². The Bertz CT molecular complexity index is 275. The summed E-state index contributed by atoms with van der Waals surface area (Å²) in [6, 6.07) is 0.451. The Balaban J connectivity index is 2.47. The van der Waals surface area contributed by atoms with E-state index in [1.807, 2.05) is 0 Å². The van der Waals surface area contributed by atoms with Crippen molar-refractivity contribution in [1.29, 1.82) is 0 Å². The summed E-state index contributed by atoms with van der Waals surface area (Å²) >= 11 is 0. The third-order valence-electron chi connectivity index (χ3n) is 3.94. The van der Waals surface area contributed by atoms with E-state index in [-0.39, 0.29) is 0 Å². The predicted octanol–water partition coefficient (Wildman–Crippen LogP) is 1.93. The lowest BCUT2D eigenvalue weighted by Gasteiger charge is -2.29. The second-order valence-electron chi connectivity index (χ2n) is 6.17. The van der Waals surface area contributed by atoms with Crippen LogP contribution in [0.25, 0.3) is 0 Å². The maximum absolute atomic E-state index is 4.76. The average molecular weight is 268 g/mol. The first-order valence-corrected chi connectivity index (χ1v) is 7.76. The fourth-order valence-electron chi connectivity index (χ4n) is 2.34.